The number of ketones is 1. The molecule has 30 heavy (non-hydrogen) atoms. The molecule has 0 spiro atoms. The lowest BCUT2D eigenvalue weighted by Crippen LogP contribution is -2.41. The van der Waals surface area contributed by atoms with Gasteiger partial charge in [0.05, 0.1) is 6.04 Å². The summed E-state index contributed by atoms with van der Waals surface area (Å²) in [6.45, 7) is -2.94. The summed E-state index contributed by atoms with van der Waals surface area (Å²) < 4.78 is 25.9. The zero-order valence-electron chi connectivity index (χ0n) is 16.2. The van der Waals surface area contributed by atoms with Crippen molar-refractivity contribution < 1.29 is 13.6 Å². The number of halogens is 2. The Bertz CT molecular complexity index is 991. The molecular weight excluding hydrogens is 401 g/mol. The Labute approximate surface area is 174 Å². The number of hydrogen-bond acceptors (Lipinski definition) is 3. The number of carbonyl (C=O) groups excluding carboxylic acids is 1. The highest BCUT2D eigenvalue weighted by molar-refractivity contribution is 7.97. The van der Waals surface area contributed by atoms with E-state index < -0.39 is 31.6 Å². The van der Waals surface area contributed by atoms with Gasteiger partial charge in [0.1, 0.15) is 11.4 Å². The maximum atomic E-state index is 13.3. The van der Waals surface area contributed by atoms with Crippen molar-refractivity contribution in [2.75, 3.05) is 0 Å². The summed E-state index contributed by atoms with van der Waals surface area (Å²) in [5.41, 5.74) is 5.84. The fourth-order valence-electron chi connectivity index (χ4n) is 3.56. The van der Waals surface area contributed by atoms with Crippen LogP contribution in [-0.2, 0) is 4.79 Å². The van der Waals surface area contributed by atoms with E-state index in [-0.39, 0.29) is 5.29 Å². The first kappa shape index (κ1) is 21.6. The third kappa shape index (κ3) is 4.11. The van der Waals surface area contributed by atoms with Gasteiger partial charge >= 0.3 is 0 Å². The van der Waals surface area contributed by atoms with Crippen molar-refractivity contribution in [2.45, 2.75) is 18.9 Å². The van der Waals surface area contributed by atoms with Crippen LogP contribution in [0.2, 0.25) is 0 Å². The van der Waals surface area contributed by atoms with E-state index in [0.29, 0.717) is 0 Å². The number of nitriles is 1. The van der Waals surface area contributed by atoms with Crippen molar-refractivity contribution in [3.8, 4) is 6.07 Å². The lowest BCUT2D eigenvalue weighted by Gasteiger charge is -2.30. The standard InChI is InChI=1S/C24H21F2N2OP/c25-23(26)16-21(28)24(29)22(17-27)30(18-10-4-1-5-11-18,19-12-6-2-7-13-19)20-14-8-3-9-15-20/h1-15,21,23H,16,28H2/t21-/m0/s1. The summed E-state index contributed by atoms with van der Waals surface area (Å²) in [7, 11) is 0. The summed E-state index contributed by atoms with van der Waals surface area (Å²) in [6.07, 6.45) is -3.52. The number of nitrogens with zero attached hydrogens (tertiary/aromatic N) is 1. The van der Waals surface area contributed by atoms with Gasteiger partial charge in [-0.25, -0.2) is 8.78 Å². The maximum Gasteiger partial charge on any atom is 0.240 e. The number of rotatable bonds is 7. The number of hydrogen-bond donors (Lipinski definition) is 1. The second kappa shape index (κ2) is 9.63. The molecule has 2 N–H and O–H groups in total. The quantitative estimate of drug-likeness (QED) is 0.595. The summed E-state index contributed by atoms with van der Waals surface area (Å²) >= 11 is 0. The van der Waals surface area contributed by atoms with E-state index in [1.54, 1.807) is 0 Å². The normalized spacial score (nSPS) is 12.2. The smallest absolute Gasteiger partial charge is 0.240 e. The van der Waals surface area contributed by atoms with E-state index >= 15 is 0 Å². The van der Waals surface area contributed by atoms with Gasteiger partial charge in [0.2, 0.25) is 6.43 Å². The van der Waals surface area contributed by atoms with Crippen LogP contribution in [-0.4, -0.2) is 23.5 Å². The van der Waals surface area contributed by atoms with E-state index in [1.807, 2.05) is 91.0 Å². The molecule has 0 aliphatic rings. The number of benzene rings is 3. The van der Waals surface area contributed by atoms with Crippen LogP contribution in [0.15, 0.2) is 91.0 Å². The molecule has 0 saturated carbocycles. The second-order valence-electron chi connectivity index (χ2n) is 6.74. The van der Waals surface area contributed by atoms with Crippen molar-refractivity contribution >= 4 is 33.9 Å². The molecule has 3 aromatic carbocycles. The fourth-order valence-corrected chi connectivity index (χ4v) is 7.73. The number of nitrogens with two attached hydrogens (primary N) is 1. The van der Waals surface area contributed by atoms with Gasteiger partial charge in [-0.1, -0.05) is 91.0 Å². The molecule has 0 aromatic heterocycles. The molecule has 0 heterocycles. The highest BCUT2D eigenvalue weighted by Gasteiger charge is 2.35. The van der Waals surface area contributed by atoms with Crippen molar-refractivity contribution in [2.24, 2.45) is 5.73 Å². The zero-order chi connectivity index (χ0) is 21.6. The average molecular weight is 422 g/mol. The Kier molecular flexibility index (Phi) is 6.95. The van der Waals surface area contributed by atoms with Crippen molar-refractivity contribution in [3.63, 3.8) is 0 Å². The fraction of sp³-hybridized carbons (Fsp3) is 0.125. The Morgan fingerprint density at radius 2 is 1.20 bits per heavy atom. The minimum absolute atomic E-state index is 0.0701. The molecule has 0 unspecified atom stereocenters. The first-order valence-electron chi connectivity index (χ1n) is 9.43. The van der Waals surface area contributed by atoms with Crippen molar-refractivity contribution in [3.05, 3.63) is 91.0 Å². The first-order valence-corrected chi connectivity index (χ1v) is 11.2. The molecule has 0 fully saturated rings. The molecule has 0 saturated heterocycles. The van der Waals surface area contributed by atoms with Crippen LogP contribution in [0.5, 0.6) is 0 Å². The average Bonchev–Trinajstić information content (AvgIpc) is 2.78. The number of alkyl halides is 2. The molecule has 6 heteroatoms. The largest absolute Gasteiger partial charge is 0.321 e. The van der Waals surface area contributed by atoms with Crippen LogP contribution in [0.4, 0.5) is 8.78 Å². The van der Waals surface area contributed by atoms with Gasteiger partial charge < -0.3 is 5.73 Å². The molecule has 0 amide bonds. The van der Waals surface area contributed by atoms with Crippen LogP contribution in [0.25, 0.3) is 0 Å². The summed E-state index contributed by atoms with van der Waals surface area (Å²) in [5.74, 6) is -0.734. The lowest BCUT2D eigenvalue weighted by atomic mass is 10.1. The highest BCUT2D eigenvalue weighted by Crippen LogP contribution is 2.46. The molecule has 3 rings (SSSR count). The highest BCUT2D eigenvalue weighted by atomic mass is 31.2. The topological polar surface area (TPSA) is 66.9 Å². The van der Waals surface area contributed by atoms with Crippen molar-refractivity contribution in [1.82, 2.24) is 0 Å². The second-order valence-corrected chi connectivity index (χ2v) is 10.1. The van der Waals surface area contributed by atoms with Crippen LogP contribution in [0, 0.1) is 11.3 Å². The maximum absolute atomic E-state index is 13.3. The number of Topliss-reactive ketones (excluding diaryl/α,β-unsaturated/α-hetero) is 1. The van der Waals surface area contributed by atoms with E-state index in [4.69, 9.17) is 5.73 Å². The minimum atomic E-state index is -2.94. The van der Waals surface area contributed by atoms with Crippen LogP contribution in [0.3, 0.4) is 0 Å². The Morgan fingerprint density at radius 1 is 0.833 bits per heavy atom. The molecule has 0 aliphatic carbocycles. The Balaban J connectivity index is 2.49. The van der Waals surface area contributed by atoms with Crippen LogP contribution in [0.1, 0.15) is 6.42 Å². The van der Waals surface area contributed by atoms with Gasteiger partial charge in [-0.3, -0.25) is 4.79 Å². The lowest BCUT2D eigenvalue weighted by molar-refractivity contribution is -0.114. The van der Waals surface area contributed by atoms with Gasteiger partial charge in [0.25, 0.3) is 0 Å². The Morgan fingerprint density at radius 3 is 1.50 bits per heavy atom. The predicted molar refractivity (Wildman–Crippen MR) is 119 cm³/mol. The van der Waals surface area contributed by atoms with E-state index in [1.165, 1.54) is 0 Å². The van der Waals surface area contributed by atoms with Crippen molar-refractivity contribution in [1.29, 1.82) is 5.26 Å². The van der Waals surface area contributed by atoms with Gasteiger partial charge in [-0.15, -0.1) is 0 Å². The third-order valence-electron chi connectivity index (χ3n) is 4.87. The molecule has 0 radical (unpaired) electrons. The molecule has 152 valence electrons. The molecule has 0 bridgehead atoms. The van der Waals surface area contributed by atoms with E-state index in [2.05, 4.69) is 6.07 Å². The first-order chi connectivity index (χ1) is 14.5. The summed E-state index contributed by atoms with van der Waals surface area (Å²) in [6, 6.07) is 28.5. The van der Waals surface area contributed by atoms with E-state index in [0.717, 1.165) is 15.9 Å². The van der Waals surface area contributed by atoms with Gasteiger partial charge in [0.15, 0.2) is 5.78 Å². The van der Waals surface area contributed by atoms with Crippen LogP contribution < -0.4 is 21.6 Å². The molecule has 3 nitrogen and oxygen atoms in total. The molecular formula is C24H21F2N2OP. The zero-order valence-corrected chi connectivity index (χ0v) is 17.1. The SMILES string of the molecule is N#CC(C(=O)[C@@H](N)CC(F)F)=P(c1ccccc1)(c1ccccc1)c1ccccc1. The monoisotopic (exact) mass is 422 g/mol. The molecule has 0 aliphatic heterocycles. The van der Waals surface area contributed by atoms with Gasteiger partial charge in [0, 0.05) is 6.42 Å². The predicted octanol–water partition coefficient (Wildman–Crippen LogP) is 3.23. The molecule has 3 aromatic rings. The summed E-state index contributed by atoms with van der Waals surface area (Å²) in [4.78, 5) is 13.3. The Hall–Kier alpha value is -3.06. The molecule has 1 atom stereocenters. The summed E-state index contributed by atoms with van der Waals surface area (Å²) in [5, 5.41) is 12.5. The third-order valence-corrected chi connectivity index (χ3v) is 9.08. The van der Waals surface area contributed by atoms with E-state index in [9.17, 15) is 18.8 Å². The van der Waals surface area contributed by atoms with Gasteiger partial charge in [-0.2, -0.15) is 5.26 Å². The number of carbonyl (C=O) groups is 1. The minimum Gasteiger partial charge on any atom is -0.321 e. The van der Waals surface area contributed by atoms with Crippen LogP contribution >= 0.6 is 6.89 Å². The van der Waals surface area contributed by atoms with Gasteiger partial charge in [-0.05, 0) is 22.8 Å².